The number of halogens is 3. The van der Waals surface area contributed by atoms with E-state index in [1.807, 2.05) is 0 Å². The molecule has 3 aromatic rings. The standard InChI is InChI=1S/C19H15F3N4O3/c20-19(21,22)11-24-18(29)12-5-1-2-6-13(12)25-16(27)10-26-15-8-4-3-7-14(15)23-9-17(26)28/h1-9H,10-11H2,(H,24,29)(H,25,27). The van der Waals surface area contributed by atoms with Crippen molar-refractivity contribution in [3.8, 4) is 0 Å². The molecular formula is C19H15F3N4O3. The van der Waals surface area contributed by atoms with Crippen LogP contribution in [0.4, 0.5) is 18.9 Å². The second-order valence-electron chi connectivity index (χ2n) is 6.06. The summed E-state index contributed by atoms with van der Waals surface area (Å²) in [6, 6.07) is 12.4. The van der Waals surface area contributed by atoms with Crippen LogP contribution in [0.2, 0.25) is 0 Å². The predicted octanol–water partition coefficient (Wildman–Crippen LogP) is 2.33. The van der Waals surface area contributed by atoms with Crippen molar-refractivity contribution in [2.45, 2.75) is 12.7 Å². The zero-order valence-electron chi connectivity index (χ0n) is 14.9. The lowest BCUT2D eigenvalue weighted by Crippen LogP contribution is -2.34. The van der Waals surface area contributed by atoms with Crippen molar-refractivity contribution in [1.29, 1.82) is 0 Å². The summed E-state index contributed by atoms with van der Waals surface area (Å²) in [5.74, 6) is -1.61. The number of nitrogens with zero attached hydrogens (tertiary/aromatic N) is 2. The molecular weight excluding hydrogens is 389 g/mol. The van der Waals surface area contributed by atoms with Gasteiger partial charge in [-0.1, -0.05) is 24.3 Å². The molecule has 0 radical (unpaired) electrons. The second-order valence-corrected chi connectivity index (χ2v) is 6.06. The number of alkyl halides is 3. The van der Waals surface area contributed by atoms with Crippen LogP contribution in [-0.4, -0.2) is 34.1 Å². The Hall–Kier alpha value is -3.69. The van der Waals surface area contributed by atoms with E-state index >= 15 is 0 Å². The van der Waals surface area contributed by atoms with E-state index in [1.54, 1.807) is 29.6 Å². The van der Waals surface area contributed by atoms with E-state index in [9.17, 15) is 27.6 Å². The van der Waals surface area contributed by atoms with Crippen molar-refractivity contribution >= 4 is 28.5 Å². The number of rotatable bonds is 5. The fourth-order valence-corrected chi connectivity index (χ4v) is 2.68. The highest BCUT2D eigenvalue weighted by molar-refractivity contribution is 6.03. The highest BCUT2D eigenvalue weighted by atomic mass is 19.4. The zero-order chi connectivity index (χ0) is 21.0. The average molecular weight is 404 g/mol. The summed E-state index contributed by atoms with van der Waals surface area (Å²) >= 11 is 0. The zero-order valence-corrected chi connectivity index (χ0v) is 14.9. The molecule has 2 amide bonds. The van der Waals surface area contributed by atoms with Crippen LogP contribution in [0.3, 0.4) is 0 Å². The molecule has 0 bridgehead atoms. The molecule has 10 heteroatoms. The molecule has 1 aromatic heterocycles. The first kappa shape index (κ1) is 20.1. The topological polar surface area (TPSA) is 93.1 Å². The van der Waals surface area contributed by atoms with Gasteiger partial charge in [-0.05, 0) is 24.3 Å². The maximum Gasteiger partial charge on any atom is 0.405 e. The summed E-state index contributed by atoms with van der Waals surface area (Å²) in [5.41, 5.74) is 0.383. The van der Waals surface area contributed by atoms with Crippen molar-refractivity contribution in [2.75, 3.05) is 11.9 Å². The number of nitrogens with one attached hydrogen (secondary N) is 2. The molecule has 29 heavy (non-hydrogen) atoms. The Morgan fingerprint density at radius 1 is 1.03 bits per heavy atom. The minimum Gasteiger partial charge on any atom is -0.343 e. The Balaban J connectivity index is 1.80. The highest BCUT2D eigenvalue weighted by Crippen LogP contribution is 2.17. The summed E-state index contributed by atoms with van der Waals surface area (Å²) in [4.78, 5) is 40.6. The monoisotopic (exact) mass is 404 g/mol. The van der Waals surface area contributed by atoms with Gasteiger partial charge in [0.15, 0.2) is 0 Å². The lowest BCUT2D eigenvalue weighted by atomic mass is 10.1. The Kier molecular flexibility index (Phi) is 5.62. The molecule has 0 aliphatic carbocycles. The number of anilines is 1. The van der Waals surface area contributed by atoms with Gasteiger partial charge in [0.1, 0.15) is 13.1 Å². The molecule has 0 aliphatic rings. The fraction of sp³-hybridized carbons (Fsp3) is 0.158. The van der Waals surface area contributed by atoms with Crippen LogP contribution >= 0.6 is 0 Å². The Labute approximate surface area is 162 Å². The van der Waals surface area contributed by atoms with E-state index in [0.29, 0.717) is 11.0 Å². The third-order valence-corrected chi connectivity index (χ3v) is 3.95. The first-order valence-electron chi connectivity index (χ1n) is 8.43. The van der Waals surface area contributed by atoms with Gasteiger partial charge in [0.2, 0.25) is 5.91 Å². The van der Waals surface area contributed by atoms with Gasteiger partial charge in [-0.2, -0.15) is 13.2 Å². The van der Waals surface area contributed by atoms with Crippen molar-refractivity contribution in [1.82, 2.24) is 14.9 Å². The van der Waals surface area contributed by atoms with Crippen molar-refractivity contribution in [2.24, 2.45) is 0 Å². The number of aromatic nitrogens is 2. The van der Waals surface area contributed by atoms with Crippen LogP contribution in [0, 0.1) is 0 Å². The number of carbonyl (C=O) groups excluding carboxylic acids is 2. The third kappa shape index (κ3) is 4.98. The molecule has 0 aliphatic heterocycles. The van der Waals surface area contributed by atoms with Gasteiger partial charge >= 0.3 is 6.18 Å². The van der Waals surface area contributed by atoms with E-state index < -0.39 is 30.1 Å². The predicted molar refractivity (Wildman–Crippen MR) is 99.5 cm³/mol. The number of hydrogen-bond acceptors (Lipinski definition) is 4. The molecule has 0 saturated carbocycles. The van der Waals surface area contributed by atoms with E-state index in [1.165, 1.54) is 28.8 Å². The van der Waals surface area contributed by atoms with Gasteiger partial charge in [-0.25, -0.2) is 4.98 Å². The minimum absolute atomic E-state index is 0.0311. The first-order chi connectivity index (χ1) is 13.7. The van der Waals surface area contributed by atoms with Crippen molar-refractivity contribution < 1.29 is 22.8 Å². The second kappa shape index (κ2) is 8.13. The van der Waals surface area contributed by atoms with Crippen molar-refractivity contribution in [3.05, 3.63) is 70.6 Å². The molecule has 7 nitrogen and oxygen atoms in total. The van der Waals surface area contributed by atoms with Crippen LogP contribution in [0.15, 0.2) is 59.5 Å². The molecule has 2 N–H and O–H groups in total. The van der Waals surface area contributed by atoms with Gasteiger partial charge in [0.25, 0.3) is 11.5 Å². The SMILES string of the molecule is O=C(Cn1c(=O)cnc2ccccc21)Nc1ccccc1C(=O)NCC(F)(F)F. The number of para-hydroxylation sites is 3. The first-order valence-corrected chi connectivity index (χ1v) is 8.43. The summed E-state index contributed by atoms with van der Waals surface area (Å²) in [5, 5.41) is 4.22. The highest BCUT2D eigenvalue weighted by Gasteiger charge is 2.28. The molecule has 150 valence electrons. The van der Waals surface area contributed by atoms with Crippen molar-refractivity contribution in [3.63, 3.8) is 0 Å². The summed E-state index contributed by atoms with van der Waals surface area (Å²) in [7, 11) is 0. The molecule has 0 saturated heterocycles. The smallest absolute Gasteiger partial charge is 0.343 e. The Morgan fingerprint density at radius 2 is 1.72 bits per heavy atom. The normalized spacial score (nSPS) is 11.3. The van der Waals surface area contributed by atoms with Gasteiger partial charge in [0, 0.05) is 0 Å². The lowest BCUT2D eigenvalue weighted by molar-refractivity contribution is -0.123. The molecule has 3 rings (SSSR count). The van der Waals surface area contributed by atoms with Gasteiger partial charge < -0.3 is 10.6 Å². The van der Waals surface area contributed by atoms with Crippen LogP contribution in [0.25, 0.3) is 11.0 Å². The van der Waals surface area contributed by atoms with Crippen LogP contribution < -0.4 is 16.2 Å². The molecule has 0 unspecified atom stereocenters. The van der Waals surface area contributed by atoms with Crippen LogP contribution in [-0.2, 0) is 11.3 Å². The quantitative estimate of drug-likeness (QED) is 0.683. The van der Waals surface area contributed by atoms with E-state index in [-0.39, 0.29) is 17.8 Å². The molecule has 1 heterocycles. The number of carbonyl (C=O) groups is 2. The number of amides is 2. The third-order valence-electron chi connectivity index (χ3n) is 3.95. The molecule has 2 aromatic carbocycles. The largest absolute Gasteiger partial charge is 0.405 e. The Morgan fingerprint density at radius 3 is 2.48 bits per heavy atom. The Bertz CT molecular complexity index is 1130. The maximum atomic E-state index is 12.5. The van der Waals surface area contributed by atoms with E-state index in [2.05, 4.69) is 10.3 Å². The van der Waals surface area contributed by atoms with Gasteiger partial charge in [-0.15, -0.1) is 0 Å². The number of fused-ring (bicyclic) bond motifs is 1. The molecule has 0 fully saturated rings. The minimum atomic E-state index is -4.56. The van der Waals surface area contributed by atoms with Crippen LogP contribution in [0.5, 0.6) is 0 Å². The summed E-state index contributed by atoms with van der Waals surface area (Å²) in [6.45, 7) is -1.85. The summed E-state index contributed by atoms with van der Waals surface area (Å²) in [6.07, 6.45) is -3.47. The van der Waals surface area contributed by atoms with Gasteiger partial charge in [0.05, 0.1) is 28.5 Å². The molecule has 0 atom stereocenters. The maximum absolute atomic E-state index is 12.5. The summed E-state index contributed by atoms with van der Waals surface area (Å²) < 4.78 is 38.2. The fourth-order valence-electron chi connectivity index (χ4n) is 2.68. The number of benzene rings is 2. The average Bonchev–Trinajstić information content (AvgIpc) is 2.68. The van der Waals surface area contributed by atoms with Crippen LogP contribution in [0.1, 0.15) is 10.4 Å². The lowest BCUT2D eigenvalue weighted by Gasteiger charge is -2.13. The van der Waals surface area contributed by atoms with E-state index in [0.717, 1.165) is 6.20 Å². The molecule has 0 spiro atoms. The number of hydrogen-bond donors (Lipinski definition) is 2. The van der Waals surface area contributed by atoms with Gasteiger partial charge in [-0.3, -0.25) is 19.0 Å². The van der Waals surface area contributed by atoms with E-state index in [4.69, 9.17) is 0 Å².